The molecule has 0 bridgehead atoms. The molecule has 0 fully saturated rings. The number of benzene rings is 1. The van der Waals surface area contributed by atoms with Crippen molar-refractivity contribution in [3.8, 4) is 0 Å². The monoisotopic (exact) mass is 397 g/mol. The predicted molar refractivity (Wildman–Crippen MR) is 114 cm³/mol. The Kier molecular flexibility index (Phi) is 7.01. The fourth-order valence-corrected chi connectivity index (χ4v) is 4.18. The van der Waals surface area contributed by atoms with E-state index in [1.54, 1.807) is 28.4 Å². The summed E-state index contributed by atoms with van der Waals surface area (Å²) < 4.78 is 0. The molecule has 0 saturated heterocycles. The van der Waals surface area contributed by atoms with Gasteiger partial charge in [0.25, 0.3) is 5.91 Å². The van der Waals surface area contributed by atoms with Gasteiger partial charge in [-0.3, -0.25) is 9.59 Å². The molecule has 6 heteroatoms. The van der Waals surface area contributed by atoms with Gasteiger partial charge in [-0.15, -0.1) is 11.3 Å². The molecule has 0 unspecified atom stereocenters. The lowest BCUT2D eigenvalue weighted by Gasteiger charge is -2.19. The van der Waals surface area contributed by atoms with Crippen LogP contribution in [0.1, 0.15) is 30.2 Å². The summed E-state index contributed by atoms with van der Waals surface area (Å²) in [6, 6.07) is 11.1. The topological polar surface area (TPSA) is 75.4 Å². The van der Waals surface area contributed by atoms with Gasteiger partial charge in [-0.25, -0.2) is 0 Å². The van der Waals surface area contributed by atoms with Crippen LogP contribution >= 0.6 is 11.3 Å². The van der Waals surface area contributed by atoms with E-state index in [2.05, 4.69) is 18.3 Å². The molecule has 1 aromatic heterocycles. The van der Waals surface area contributed by atoms with Crippen LogP contribution in [-0.2, 0) is 22.4 Å². The minimum atomic E-state index is -0.590. The predicted octanol–water partition coefficient (Wildman–Crippen LogP) is 3.05. The Morgan fingerprint density at radius 1 is 1.29 bits per heavy atom. The standard InChI is InChI=1S/C22H27N3O2S/c1-2-6-17(24-22(27)19(23)15-18-8-5-14-28-18)10-11-21(26)25-13-12-16-7-3-4-9-20(16)25/h3-5,7-11,14,17,19H,2,6,12-13,15,23H2,1H3,(H,24,27)/b11-10+/t17-,19-/m0/s1. The van der Waals surface area contributed by atoms with Crippen LogP contribution in [0.5, 0.6) is 0 Å². The zero-order chi connectivity index (χ0) is 19.9. The van der Waals surface area contributed by atoms with Crippen molar-refractivity contribution in [3.05, 3.63) is 64.4 Å². The number of amides is 2. The number of thiophene rings is 1. The second-order valence-electron chi connectivity index (χ2n) is 7.02. The van der Waals surface area contributed by atoms with Gasteiger partial charge in [-0.05, 0) is 35.9 Å². The van der Waals surface area contributed by atoms with Gasteiger partial charge in [0, 0.05) is 35.6 Å². The molecule has 28 heavy (non-hydrogen) atoms. The van der Waals surface area contributed by atoms with E-state index in [4.69, 9.17) is 5.73 Å². The number of hydrogen-bond donors (Lipinski definition) is 2. The molecule has 3 N–H and O–H groups in total. The highest BCUT2D eigenvalue weighted by atomic mass is 32.1. The zero-order valence-corrected chi connectivity index (χ0v) is 17.0. The summed E-state index contributed by atoms with van der Waals surface area (Å²) in [5.41, 5.74) is 8.23. The van der Waals surface area contributed by atoms with Gasteiger partial charge in [0.2, 0.25) is 5.91 Å². The van der Waals surface area contributed by atoms with Gasteiger partial charge in [-0.1, -0.05) is 43.7 Å². The average Bonchev–Trinajstić information content (AvgIpc) is 3.35. The highest BCUT2D eigenvalue weighted by molar-refractivity contribution is 7.09. The molecule has 2 aromatic rings. The van der Waals surface area contributed by atoms with Crippen LogP contribution < -0.4 is 16.0 Å². The van der Waals surface area contributed by atoms with E-state index in [1.807, 2.05) is 35.7 Å². The van der Waals surface area contributed by atoms with E-state index < -0.39 is 6.04 Å². The Morgan fingerprint density at radius 3 is 2.86 bits per heavy atom. The van der Waals surface area contributed by atoms with Crippen LogP contribution in [0.25, 0.3) is 0 Å². The van der Waals surface area contributed by atoms with Crippen molar-refractivity contribution in [2.75, 3.05) is 11.4 Å². The van der Waals surface area contributed by atoms with E-state index in [1.165, 1.54) is 5.56 Å². The minimum absolute atomic E-state index is 0.0526. The molecule has 3 rings (SSSR count). The molecule has 1 aliphatic heterocycles. The highest BCUT2D eigenvalue weighted by Crippen LogP contribution is 2.27. The van der Waals surface area contributed by atoms with Gasteiger partial charge in [0.15, 0.2) is 0 Å². The van der Waals surface area contributed by atoms with Crippen molar-refractivity contribution in [2.24, 2.45) is 5.73 Å². The molecule has 0 aliphatic carbocycles. The molecular weight excluding hydrogens is 370 g/mol. The van der Waals surface area contributed by atoms with Gasteiger partial charge in [0.1, 0.15) is 0 Å². The van der Waals surface area contributed by atoms with Crippen LogP contribution in [-0.4, -0.2) is 30.4 Å². The Hall–Kier alpha value is -2.44. The first-order valence-electron chi connectivity index (χ1n) is 9.74. The number of hydrogen-bond acceptors (Lipinski definition) is 4. The summed E-state index contributed by atoms with van der Waals surface area (Å²) in [5.74, 6) is -0.237. The van der Waals surface area contributed by atoms with E-state index in [-0.39, 0.29) is 17.9 Å². The Balaban J connectivity index is 1.59. The fourth-order valence-electron chi connectivity index (χ4n) is 3.41. The van der Waals surface area contributed by atoms with Crippen molar-refractivity contribution >= 4 is 28.8 Å². The number of anilines is 1. The number of nitrogens with one attached hydrogen (secondary N) is 1. The van der Waals surface area contributed by atoms with Gasteiger partial charge >= 0.3 is 0 Å². The quantitative estimate of drug-likeness (QED) is 0.672. The minimum Gasteiger partial charge on any atom is -0.349 e. The molecule has 2 heterocycles. The molecule has 1 aromatic carbocycles. The summed E-state index contributed by atoms with van der Waals surface area (Å²) in [5, 5.41) is 4.96. The van der Waals surface area contributed by atoms with E-state index in [0.717, 1.165) is 29.8 Å². The highest BCUT2D eigenvalue weighted by Gasteiger charge is 2.23. The van der Waals surface area contributed by atoms with Gasteiger partial charge in [-0.2, -0.15) is 0 Å². The summed E-state index contributed by atoms with van der Waals surface area (Å²) >= 11 is 1.60. The van der Waals surface area contributed by atoms with Crippen molar-refractivity contribution in [3.63, 3.8) is 0 Å². The van der Waals surface area contributed by atoms with Crippen molar-refractivity contribution in [1.29, 1.82) is 0 Å². The smallest absolute Gasteiger partial charge is 0.250 e. The average molecular weight is 398 g/mol. The van der Waals surface area contributed by atoms with Crippen molar-refractivity contribution in [1.82, 2.24) is 5.32 Å². The number of fused-ring (bicyclic) bond motifs is 1. The maximum atomic E-state index is 12.7. The lowest BCUT2D eigenvalue weighted by Crippen LogP contribution is -2.45. The van der Waals surface area contributed by atoms with Gasteiger partial charge in [0.05, 0.1) is 6.04 Å². The summed E-state index contributed by atoms with van der Waals surface area (Å²) in [4.78, 5) is 28.0. The maximum absolute atomic E-state index is 12.7. The third-order valence-corrected chi connectivity index (χ3v) is 5.79. The van der Waals surface area contributed by atoms with Crippen LogP contribution in [0.15, 0.2) is 53.9 Å². The second-order valence-corrected chi connectivity index (χ2v) is 8.05. The maximum Gasteiger partial charge on any atom is 0.250 e. The number of carbonyl (C=O) groups excluding carboxylic acids is 2. The van der Waals surface area contributed by atoms with E-state index >= 15 is 0 Å². The lowest BCUT2D eigenvalue weighted by atomic mass is 10.1. The Bertz CT molecular complexity index is 832. The molecule has 0 radical (unpaired) electrons. The van der Waals surface area contributed by atoms with Crippen LogP contribution in [0, 0.1) is 0 Å². The lowest BCUT2D eigenvalue weighted by molar-refractivity contribution is -0.122. The largest absolute Gasteiger partial charge is 0.349 e. The molecule has 0 saturated carbocycles. The number of rotatable bonds is 8. The first-order valence-corrected chi connectivity index (χ1v) is 10.6. The molecule has 1 aliphatic rings. The molecule has 148 valence electrons. The normalized spacial score (nSPS) is 15.4. The number of carbonyl (C=O) groups is 2. The third-order valence-electron chi connectivity index (χ3n) is 4.89. The summed E-state index contributed by atoms with van der Waals surface area (Å²) in [6.07, 6.45) is 6.43. The SMILES string of the molecule is CCC[C@@H](/C=C/C(=O)N1CCc2ccccc21)NC(=O)[C@@H](N)Cc1cccs1. The third kappa shape index (κ3) is 5.09. The van der Waals surface area contributed by atoms with Crippen LogP contribution in [0.3, 0.4) is 0 Å². The zero-order valence-electron chi connectivity index (χ0n) is 16.1. The van der Waals surface area contributed by atoms with E-state index in [9.17, 15) is 9.59 Å². The van der Waals surface area contributed by atoms with Crippen molar-refractivity contribution in [2.45, 2.75) is 44.7 Å². The molecule has 2 atom stereocenters. The summed E-state index contributed by atoms with van der Waals surface area (Å²) in [7, 11) is 0. The van der Waals surface area contributed by atoms with Crippen LogP contribution in [0.4, 0.5) is 5.69 Å². The molecule has 5 nitrogen and oxygen atoms in total. The molecular formula is C22H27N3O2S. The summed E-state index contributed by atoms with van der Waals surface area (Å²) in [6.45, 7) is 2.75. The molecule has 0 spiro atoms. The fraction of sp³-hybridized carbons (Fsp3) is 0.364. The molecule has 2 amide bonds. The number of nitrogens with zero attached hydrogens (tertiary/aromatic N) is 1. The number of nitrogens with two attached hydrogens (primary N) is 1. The van der Waals surface area contributed by atoms with Crippen LogP contribution in [0.2, 0.25) is 0 Å². The number of para-hydroxylation sites is 1. The Labute approximate surface area is 170 Å². The first-order chi connectivity index (χ1) is 13.6. The first kappa shape index (κ1) is 20.3. The second kappa shape index (κ2) is 9.66. The van der Waals surface area contributed by atoms with Crippen molar-refractivity contribution < 1.29 is 9.59 Å². The Morgan fingerprint density at radius 2 is 2.11 bits per heavy atom. The van der Waals surface area contributed by atoms with Gasteiger partial charge < -0.3 is 16.0 Å². The van der Waals surface area contributed by atoms with E-state index in [0.29, 0.717) is 13.0 Å².